The summed E-state index contributed by atoms with van der Waals surface area (Å²) < 4.78 is 50.5. The van der Waals surface area contributed by atoms with Gasteiger partial charge in [-0.3, -0.25) is 9.20 Å². The van der Waals surface area contributed by atoms with Crippen molar-refractivity contribution in [2.24, 2.45) is 10.9 Å². The summed E-state index contributed by atoms with van der Waals surface area (Å²) in [6, 6.07) is 9.66. The van der Waals surface area contributed by atoms with Gasteiger partial charge in [0.25, 0.3) is 0 Å². The molecule has 4 nitrogen and oxygen atoms in total. The van der Waals surface area contributed by atoms with Crippen molar-refractivity contribution in [2.45, 2.75) is 50.6 Å². The van der Waals surface area contributed by atoms with Crippen LogP contribution in [0.25, 0.3) is 0 Å². The van der Waals surface area contributed by atoms with Gasteiger partial charge < -0.3 is 10.6 Å². The van der Waals surface area contributed by atoms with Gasteiger partial charge >= 0.3 is 6.18 Å². The smallest absolute Gasteiger partial charge is 0.357 e. The summed E-state index contributed by atoms with van der Waals surface area (Å²) in [5.74, 6) is 0.355. The zero-order valence-electron chi connectivity index (χ0n) is 15.6. The Morgan fingerprint density at radius 3 is 2.44 bits per heavy atom. The molecule has 1 atom stereocenters. The molecule has 1 aromatic carbocycles. The summed E-state index contributed by atoms with van der Waals surface area (Å²) in [6.07, 6.45) is -2.82. The number of aliphatic imine (C=N–C) groups is 1. The van der Waals surface area contributed by atoms with Crippen LogP contribution >= 0.6 is 0 Å². The van der Waals surface area contributed by atoms with E-state index < -0.39 is 22.9 Å². The van der Waals surface area contributed by atoms with Gasteiger partial charge in [-0.2, -0.15) is 13.2 Å². The zero-order valence-corrected chi connectivity index (χ0v) is 16.4. The minimum Gasteiger partial charge on any atom is -0.357 e. The highest BCUT2D eigenvalue weighted by Gasteiger charge is 2.41. The van der Waals surface area contributed by atoms with E-state index in [1.54, 1.807) is 0 Å². The second kappa shape index (κ2) is 10.7. The third-order valence-electron chi connectivity index (χ3n) is 4.63. The monoisotopic (exact) mass is 403 g/mol. The molecule has 152 valence electrons. The second-order valence-electron chi connectivity index (χ2n) is 6.77. The predicted molar refractivity (Wildman–Crippen MR) is 104 cm³/mol. The van der Waals surface area contributed by atoms with Gasteiger partial charge in [0.1, 0.15) is 0 Å². The lowest BCUT2D eigenvalue weighted by atomic mass is 9.85. The molecule has 27 heavy (non-hydrogen) atoms. The SMILES string of the molecule is CCNC(=NCCS(=O)Cc1ccccc1)NC1CCC(C(F)(F)F)CC1. The van der Waals surface area contributed by atoms with Crippen LogP contribution in [0.5, 0.6) is 0 Å². The summed E-state index contributed by atoms with van der Waals surface area (Å²) in [6.45, 7) is 3.01. The van der Waals surface area contributed by atoms with Crippen molar-refractivity contribution in [3.8, 4) is 0 Å². The molecule has 2 N–H and O–H groups in total. The van der Waals surface area contributed by atoms with E-state index in [9.17, 15) is 17.4 Å². The number of nitrogens with zero attached hydrogens (tertiary/aromatic N) is 1. The van der Waals surface area contributed by atoms with Crippen LogP contribution < -0.4 is 10.6 Å². The van der Waals surface area contributed by atoms with Crippen LogP contribution in [0.2, 0.25) is 0 Å². The Labute approximate surface area is 161 Å². The first-order valence-electron chi connectivity index (χ1n) is 9.39. The molecule has 0 spiro atoms. The first-order valence-corrected chi connectivity index (χ1v) is 10.9. The lowest BCUT2D eigenvalue weighted by Crippen LogP contribution is -2.46. The van der Waals surface area contributed by atoms with Gasteiger partial charge in [-0.05, 0) is 38.2 Å². The van der Waals surface area contributed by atoms with Crippen molar-refractivity contribution < 1.29 is 17.4 Å². The van der Waals surface area contributed by atoms with Gasteiger partial charge in [0, 0.05) is 34.9 Å². The zero-order chi connectivity index (χ0) is 19.7. The summed E-state index contributed by atoms with van der Waals surface area (Å²) in [5, 5.41) is 6.34. The van der Waals surface area contributed by atoms with E-state index in [0.29, 0.717) is 43.4 Å². The fourth-order valence-corrected chi connectivity index (χ4v) is 4.17. The molecule has 1 fully saturated rings. The molecule has 0 saturated heterocycles. The molecule has 0 radical (unpaired) electrons. The average molecular weight is 404 g/mol. The second-order valence-corrected chi connectivity index (χ2v) is 8.35. The molecule has 0 heterocycles. The van der Waals surface area contributed by atoms with Crippen molar-refractivity contribution in [1.29, 1.82) is 0 Å². The van der Waals surface area contributed by atoms with Crippen LogP contribution in [0.1, 0.15) is 38.2 Å². The van der Waals surface area contributed by atoms with Crippen molar-refractivity contribution in [3.63, 3.8) is 0 Å². The van der Waals surface area contributed by atoms with Crippen LogP contribution in [0.3, 0.4) is 0 Å². The number of rotatable bonds is 7. The Hall–Kier alpha value is -1.57. The summed E-state index contributed by atoms with van der Waals surface area (Å²) >= 11 is 0. The van der Waals surface area contributed by atoms with E-state index in [4.69, 9.17) is 0 Å². The van der Waals surface area contributed by atoms with E-state index in [2.05, 4.69) is 15.6 Å². The van der Waals surface area contributed by atoms with E-state index in [0.717, 1.165) is 5.56 Å². The Balaban J connectivity index is 1.78. The molecule has 0 amide bonds. The first kappa shape index (κ1) is 21.7. The maximum atomic E-state index is 12.8. The topological polar surface area (TPSA) is 53.5 Å². The molecule has 1 saturated carbocycles. The summed E-state index contributed by atoms with van der Waals surface area (Å²) in [4.78, 5) is 4.44. The number of nitrogens with one attached hydrogen (secondary N) is 2. The molecule has 2 rings (SSSR count). The van der Waals surface area contributed by atoms with Gasteiger partial charge in [-0.25, -0.2) is 0 Å². The van der Waals surface area contributed by atoms with Gasteiger partial charge in [0.15, 0.2) is 5.96 Å². The van der Waals surface area contributed by atoms with Crippen LogP contribution in [-0.2, 0) is 16.6 Å². The Morgan fingerprint density at radius 2 is 1.85 bits per heavy atom. The van der Waals surface area contributed by atoms with Crippen molar-refractivity contribution >= 4 is 16.8 Å². The maximum Gasteiger partial charge on any atom is 0.391 e. The molecule has 0 bridgehead atoms. The quantitative estimate of drug-likeness (QED) is 0.540. The largest absolute Gasteiger partial charge is 0.391 e. The molecular formula is C19H28F3N3OS. The van der Waals surface area contributed by atoms with Gasteiger partial charge in [0.05, 0.1) is 12.5 Å². The Morgan fingerprint density at radius 1 is 1.19 bits per heavy atom. The van der Waals surface area contributed by atoms with Crippen molar-refractivity contribution in [3.05, 3.63) is 35.9 Å². The van der Waals surface area contributed by atoms with Gasteiger partial charge in [-0.1, -0.05) is 30.3 Å². The van der Waals surface area contributed by atoms with E-state index >= 15 is 0 Å². The predicted octanol–water partition coefficient (Wildman–Crippen LogP) is 3.61. The number of hydrogen-bond donors (Lipinski definition) is 2. The fraction of sp³-hybridized carbons (Fsp3) is 0.632. The molecule has 1 aromatic rings. The van der Waals surface area contributed by atoms with Gasteiger partial charge in [0.2, 0.25) is 0 Å². The van der Waals surface area contributed by atoms with Crippen LogP contribution in [0, 0.1) is 5.92 Å². The number of halogens is 3. The van der Waals surface area contributed by atoms with Gasteiger partial charge in [-0.15, -0.1) is 0 Å². The number of alkyl halides is 3. The third kappa shape index (κ3) is 7.91. The number of guanidine groups is 1. The minimum atomic E-state index is -4.09. The number of hydrogen-bond acceptors (Lipinski definition) is 2. The third-order valence-corrected chi connectivity index (χ3v) is 5.93. The molecule has 8 heteroatoms. The molecule has 0 aliphatic heterocycles. The normalized spacial score (nSPS) is 22.3. The molecule has 0 aromatic heterocycles. The highest BCUT2D eigenvalue weighted by atomic mass is 32.2. The average Bonchev–Trinajstić information content (AvgIpc) is 2.62. The lowest BCUT2D eigenvalue weighted by Gasteiger charge is -2.31. The maximum absolute atomic E-state index is 12.8. The molecular weight excluding hydrogens is 375 g/mol. The summed E-state index contributed by atoms with van der Waals surface area (Å²) in [7, 11) is -1.00. The Bertz CT molecular complexity index is 614. The van der Waals surface area contributed by atoms with Crippen LogP contribution in [-0.4, -0.2) is 41.2 Å². The number of benzene rings is 1. The highest BCUT2D eigenvalue weighted by Crippen LogP contribution is 2.37. The summed E-state index contributed by atoms with van der Waals surface area (Å²) in [5.41, 5.74) is 1.03. The first-order chi connectivity index (χ1) is 12.9. The van der Waals surface area contributed by atoms with Crippen LogP contribution in [0.4, 0.5) is 13.2 Å². The standard InChI is InChI=1S/C19H28F3N3OS/c1-2-23-18(25-17-10-8-16(9-11-17)19(20,21)22)24-12-13-27(26)14-15-6-4-3-5-7-15/h3-7,16-17H,2,8-14H2,1H3,(H2,23,24,25). The van der Waals surface area contributed by atoms with E-state index in [-0.39, 0.29) is 18.9 Å². The van der Waals surface area contributed by atoms with E-state index in [1.165, 1.54) is 0 Å². The highest BCUT2D eigenvalue weighted by molar-refractivity contribution is 7.84. The lowest BCUT2D eigenvalue weighted by molar-refractivity contribution is -0.182. The fourth-order valence-electron chi connectivity index (χ4n) is 3.17. The van der Waals surface area contributed by atoms with E-state index in [1.807, 2.05) is 37.3 Å². The van der Waals surface area contributed by atoms with Crippen molar-refractivity contribution in [1.82, 2.24) is 10.6 Å². The molecule has 1 unspecified atom stereocenters. The molecule has 1 aliphatic rings. The van der Waals surface area contributed by atoms with Crippen molar-refractivity contribution in [2.75, 3.05) is 18.8 Å². The molecule has 1 aliphatic carbocycles. The minimum absolute atomic E-state index is 0.00350. The van der Waals surface area contributed by atoms with Crippen LogP contribution in [0.15, 0.2) is 35.3 Å². The Kier molecular flexibility index (Phi) is 8.60.